The van der Waals surface area contributed by atoms with E-state index in [1.807, 2.05) is 19.2 Å². The van der Waals surface area contributed by atoms with E-state index in [0.29, 0.717) is 17.9 Å². The lowest BCUT2D eigenvalue weighted by Crippen LogP contribution is -2.43. The van der Waals surface area contributed by atoms with Gasteiger partial charge in [-0.05, 0) is 25.3 Å². The van der Waals surface area contributed by atoms with E-state index in [-0.39, 0.29) is 0 Å². The van der Waals surface area contributed by atoms with Crippen LogP contribution in [0.15, 0.2) is 18.3 Å². The van der Waals surface area contributed by atoms with Gasteiger partial charge in [-0.2, -0.15) is 0 Å². The predicted molar refractivity (Wildman–Crippen MR) is 75.3 cm³/mol. The first-order chi connectivity index (χ1) is 9.28. The third-order valence-electron chi connectivity index (χ3n) is 3.78. The number of nitrogens with zero attached hydrogens (tertiary/aromatic N) is 1. The molecule has 1 N–H and O–H groups in total. The number of aromatic nitrogens is 1. The maximum absolute atomic E-state index is 5.33. The normalized spacial score (nSPS) is 16.9. The second-order valence-electron chi connectivity index (χ2n) is 5.33. The van der Waals surface area contributed by atoms with Crippen molar-refractivity contribution < 1.29 is 9.47 Å². The molecule has 106 valence electrons. The van der Waals surface area contributed by atoms with E-state index < -0.39 is 0 Å². The third-order valence-corrected chi connectivity index (χ3v) is 3.78. The van der Waals surface area contributed by atoms with Crippen molar-refractivity contribution in [2.75, 3.05) is 26.9 Å². The summed E-state index contributed by atoms with van der Waals surface area (Å²) in [5.74, 6) is 0.695. The smallest absolute Gasteiger partial charge is 0.213 e. The van der Waals surface area contributed by atoms with Gasteiger partial charge in [0, 0.05) is 37.9 Å². The van der Waals surface area contributed by atoms with E-state index >= 15 is 0 Å². The molecule has 0 amide bonds. The van der Waals surface area contributed by atoms with Crippen molar-refractivity contribution in [3.05, 3.63) is 23.9 Å². The summed E-state index contributed by atoms with van der Waals surface area (Å²) in [5, 5.41) is 3.52. The van der Waals surface area contributed by atoms with Crippen molar-refractivity contribution in [2.45, 2.75) is 32.7 Å². The molecular weight excluding hydrogens is 240 g/mol. The number of rotatable bonds is 8. The Labute approximate surface area is 115 Å². The van der Waals surface area contributed by atoms with Crippen LogP contribution in [0.4, 0.5) is 0 Å². The Hall–Kier alpha value is -1.13. The van der Waals surface area contributed by atoms with E-state index in [0.717, 1.165) is 19.7 Å². The van der Waals surface area contributed by atoms with Gasteiger partial charge in [0.2, 0.25) is 5.88 Å². The average Bonchev–Trinajstić information content (AvgIpc) is 2.38. The first-order valence-electron chi connectivity index (χ1n) is 7.05. The molecule has 1 aromatic heterocycles. The third kappa shape index (κ3) is 3.91. The first-order valence-corrected chi connectivity index (χ1v) is 7.05. The van der Waals surface area contributed by atoms with Crippen molar-refractivity contribution in [3.63, 3.8) is 0 Å². The Morgan fingerprint density at radius 1 is 1.37 bits per heavy atom. The summed E-state index contributed by atoms with van der Waals surface area (Å²) in [6.07, 6.45) is 5.75. The molecular formula is C15H24N2O2. The van der Waals surface area contributed by atoms with Crippen molar-refractivity contribution in [3.8, 4) is 5.88 Å². The summed E-state index contributed by atoms with van der Waals surface area (Å²) in [6, 6.07) is 3.99. The highest BCUT2D eigenvalue weighted by Crippen LogP contribution is 2.40. The Morgan fingerprint density at radius 2 is 2.21 bits per heavy atom. The quantitative estimate of drug-likeness (QED) is 0.783. The Bertz CT molecular complexity index is 374. The Balaban J connectivity index is 1.75. The number of pyridine rings is 1. The van der Waals surface area contributed by atoms with Gasteiger partial charge in [-0.15, -0.1) is 0 Å². The van der Waals surface area contributed by atoms with E-state index in [2.05, 4.69) is 16.4 Å². The van der Waals surface area contributed by atoms with Gasteiger partial charge in [-0.25, -0.2) is 4.98 Å². The van der Waals surface area contributed by atoms with Crippen LogP contribution >= 0.6 is 0 Å². The van der Waals surface area contributed by atoms with Gasteiger partial charge < -0.3 is 14.8 Å². The van der Waals surface area contributed by atoms with Crippen LogP contribution < -0.4 is 10.1 Å². The number of nitrogens with one attached hydrogen (secondary N) is 1. The van der Waals surface area contributed by atoms with Crippen LogP contribution in [0.25, 0.3) is 0 Å². The van der Waals surface area contributed by atoms with Gasteiger partial charge in [0.25, 0.3) is 0 Å². The number of hydrogen-bond acceptors (Lipinski definition) is 4. The van der Waals surface area contributed by atoms with Crippen LogP contribution in [-0.2, 0) is 11.3 Å². The molecule has 19 heavy (non-hydrogen) atoms. The largest absolute Gasteiger partial charge is 0.478 e. The molecule has 4 heteroatoms. The highest BCUT2D eigenvalue weighted by molar-refractivity contribution is 5.17. The lowest BCUT2D eigenvalue weighted by Gasteiger charge is -2.41. The minimum absolute atomic E-state index is 0.368. The molecule has 1 heterocycles. The summed E-state index contributed by atoms with van der Waals surface area (Å²) in [6.45, 7) is 5.36. The zero-order chi connectivity index (χ0) is 13.6. The fourth-order valence-corrected chi connectivity index (χ4v) is 2.58. The number of hydrogen-bond donors (Lipinski definition) is 1. The molecule has 0 aliphatic heterocycles. The molecule has 0 radical (unpaired) electrons. The molecule has 1 aromatic rings. The number of methoxy groups -OCH3 is 1. The lowest BCUT2D eigenvalue weighted by atomic mass is 9.69. The topological polar surface area (TPSA) is 43.4 Å². The fraction of sp³-hybridized carbons (Fsp3) is 0.667. The predicted octanol–water partition coefficient (Wildman–Crippen LogP) is 2.39. The summed E-state index contributed by atoms with van der Waals surface area (Å²) >= 11 is 0. The van der Waals surface area contributed by atoms with Crippen LogP contribution in [0.5, 0.6) is 5.88 Å². The molecule has 0 unspecified atom stereocenters. The maximum atomic E-state index is 5.33. The van der Waals surface area contributed by atoms with Crippen molar-refractivity contribution >= 4 is 0 Å². The minimum atomic E-state index is 0.368. The van der Waals surface area contributed by atoms with Gasteiger partial charge in [0.15, 0.2) is 0 Å². The standard InChI is InChI=1S/C15H24N2O2/c1-3-19-14-6-5-13(10-17-14)9-16-11-15(12-18-2)7-4-8-15/h5-6,10,16H,3-4,7-9,11-12H2,1-2H3. The maximum Gasteiger partial charge on any atom is 0.213 e. The van der Waals surface area contributed by atoms with E-state index in [4.69, 9.17) is 9.47 Å². The second kappa shape index (κ2) is 6.87. The lowest BCUT2D eigenvalue weighted by molar-refractivity contribution is 0.0177. The van der Waals surface area contributed by atoms with Crippen molar-refractivity contribution in [1.29, 1.82) is 0 Å². The molecule has 1 aliphatic rings. The van der Waals surface area contributed by atoms with Crippen LogP contribution in [0.2, 0.25) is 0 Å². The molecule has 1 aliphatic carbocycles. The van der Waals surface area contributed by atoms with Crippen molar-refractivity contribution in [1.82, 2.24) is 10.3 Å². The molecule has 0 atom stereocenters. The van der Waals surface area contributed by atoms with Crippen LogP contribution in [0.3, 0.4) is 0 Å². The molecule has 0 saturated heterocycles. The van der Waals surface area contributed by atoms with Gasteiger partial charge >= 0.3 is 0 Å². The highest BCUT2D eigenvalue weighted by atomic mass is 16.5. The SMILES string of the molecule is CCOc1ccc(CNCC2(COC)CCC2)cn1. The molecule has 1 fully saturated rings. The summed E-state index contributed by atoms with van der Waals surface area (Å²) in [5.41, 5.74) is 1.56. The Kier molecular flexibility index (Phi) is 5.16. The average molecular weight is 264 g/mol. The van der Waals surface area contributed by atoms with E-state index in [1.54, 1.807) is 7.11 Å². The molecule has 4 nitrogen and oxygen atoms in total. The van der Waals surface area contributed by atoms with E-state index in [1.165, 1.54) is 24.8 Å². The van der Waals surface area contributed by atoms with Gasteiger partial charge in [0.1, 0.15) is 0 Å². The molecule has 0 aromatic carbocycles. The summed E-state index contributed by atoms with van der Waals surface area (Å²) in [7, 11) is 1.79. The molecule has 0 spiro atoms. The zero-order valence-electron chi connectivity index (χ0n) is 11.9. The van der Waals surface area contributed by atoms with Gasteiger partial charge in [-0.3, -0.25) is 0 Å². The van der Waals surface area contributed by atoms with Crippen LogP contribution in [0, 0.1) is 5.41 Å². The monoisotopic (exact) mass is 264 g/mol. The highest BCUT2D eigenvalue weighted by Gasteiger charge is 2.36. The summed E-state index contributed by atoms with van der Waals surface area (Å²) < 4.78 is 10.7. The number of ether oxygens (including phenoxy) is 2. The molecule has 1 saturated carbocycles. The van der Waals surface area contributed by atoms with Crippen LogP contribution in [-0.4, -0.2) is 31.9 Å². The first kappa shape index (κ1) is 14.3. The fourth-order valence-electron chi connectivity index (χ4n) is 2.58. The van der Waals surface area contributed by atoms with Crippen molar-refractivity contribution in [2.24, 2.45) is 5.41 Å². The zero-order valence-corrected chi connectivity index (χ0v) is 11.9. The molecule has 2 rings (SSSR count). The second-order valence-corrected chi connectivity index (χ2v) is 5.33. The van der Waals surface area contributed by atoms with E-state index in [9.17, 15) is 0 Å². The Morgan fingerprint density at radius 3 is 2.74 bits per heavy atom. The van der Waals surface area contributed by atoms with Crippen LogP contribution in [0.1, 0.15) is 31.7 Å². The summed E-state index contributed by atoms with van der Waals surface area (Å²) in [4.78, 5) is 4.27. The van der Waals surface area contributed by atoms with Gasteiger partial charge in [-0.1, -0.05) is 12.5 Å². The van der Waals surface area contributed by atoms with Gasteiger partial charge in [0.05, 0.1) is 13.2 Å². The minimum Gasteiger partial charge on any atom is -0.478 e. The molecule has 0 bridgehead atoms.